The molecule has 0 atom stereocenters. The molecule has 0 unspecified atom stereocenters. The van der Waals surface area contributed by atoms with E-state index < -0.39 is 0 Å². The minimum Gasteiger partial charge on any atom is -0.497 e. The van der Waals surface area contributed by atoms with Gasteiger partial charge in [-0.1, -0.05) is 12.1 Å². The van der Waals surface area contributed by atoms with Crippen LogP contribution in [0.5, 0.6) is 17.2 Å². The van der Waals surface area contributed by atoms with Gasteiger partial charge in [-0.25, -0.2) is 0 Å². The number of hydrogen-bond acceptors (Lipinski definition) is 4. The van der Waals surface area contributed by atoms with E-state index in [0.717, 1.165) is 5.56 Å². The van der Waals surface area contributed by atoms with Crippen molar-refractivity contribution in [2.45, 2.75) is 6.42 Å². The van der Waals surface area contributed by atoms with Crippen LogP contribution in [0.25, 0.3) is 0 Å². The molecule has 0 fully saturated rings. The summed E-state index contributed by atoms with van der Waals surface area (Å²) in [5.41, 5.74) is 1.54. The molecule has 0 saturated heterocycles. The van der Waals surface area contributed by atoms with Crippen molar-refractivity contribution in [2.75, 3.05) is 26.6 Å². The fourth-order valence-electron chi connectivity index (χ4n) is 2.08. The summed E-state index contributed by atoms with van der Waals surface area (Å²) in [7, 11) is 4.73. The fourth-order valence-corrected chi connectivity index (χ4v) is 2.08. The molecule has 2 rings (SSSR count). The van der Waals surface area contributed by atoms with E-state index in [4.69, 9.17) is 14.2 Å². The van der Waals surface area contributed by atoms with Crippen LogP contribution in [0, 0.1) is 0 Å². The van der Waals surface area contributed by atoms with Gasteiger partial charge in [0.25, 0.3) is 0 Å². The predicted molar refractivity (Wildman–Crippen MR) is 84.9 cm³/mol. The summed E-state index contributed by atoms with van der Waals surface area (Å²) in [4.78, 5) is 12.1. The average molecular weight is 301 g/mol. The molecule has 2 aromatic rings. The monoisotopic (exact) mass is 301 g/mol. The normalized spacial score (nSPS) is 9.95. The lowest BCUT2D eigenvalue weighted by Gasteiger charge is -2.10. The van der Waals surface area contributed by atoms with Gasteiger partial charge in [0.15, 0.2) is 11.5 Å². The molecule has 0 spiro atoms. The zero-order valence-corrected chi connectivity index (χ0v) is 12.9. The SMILES string of the molecule is COc1cccc(NC(=O)Cc2ccc(OC)c(OC)c2)c1. The Hall–Kier alpha value is -2.69. The quantitative estimate of drug-likeness (QED) is 0.891. The van der Waals surface area contributed by atoms with E-state index in [9.17, 15) is 4.79 Å². The van der Waals surface area contributed by atoms with E-state index in [1.54, 1.807) is 39.5 Å². The van der Waals surface area contributed by atoms with Crippen LogP contribution < -0.4 is 19.5 Å². The Bertz CT molecular complexity index is 655. The number of rotatable bonds is 6. The Balaban J connectivity index is 2.05. The van der Waals surface area contributed by atoms with Crippen molar-refractivity contribution >= 4 is 11.6 Å². The van der Waals surface area contributed by atoms with Crippen LogP contribution in [0.1, 0.15) is 5.56 Å². The highest BCUT2D eigenvalue weighted by Crippen LogP contribution is 2.27. The van der Waals surface area contributed by atoms with Crippen molar-refractivity contribution in [3.63, 3.8) is 0 Å². The number of methoxy groups -OCH3 is 3. The third-order valence-electron chi connectivity index (χ3n) is 3.17. The predicted octanol–water partition coefficient (Wildman–Crippen LogP) is 2.89. The van der Waals surface area contributed by atoms with Crippen LogP contribution in [0.15, 0.2) is 42.5 Å². The van der Waals surface area contributed by atoms with Crippen LogP contribution in [0.4, 0.5) is 5.69 Å². The van der Waals surface area contributed by atoms with Gasteiger partial charge in [0, 0.05) is 11.8 Å². The van der Waals surface area contributed by atoms with Gasteiger partial charge in [-0.15, -0.1) is 0 Å². The topological polar surface area (TPSA) is 56.8 Å². The largest absolute Gasteiger partial charge is 0.497 e. The molecule has 5 nitrogen and oxygen atoms in total. The number of ether oxygens (including phenoxy) is 3. The molecule has 1 amide bonds. The Labute approximate surface area is 129 Å². The van der Waals surface area contributed by atoms with Gasteiger partial charge in [0.2, 0.25) is 5.91 Å². The summed E-state index contributed by atoms with van der Waals surface area (Å²) in [5.74, 6) is 1.83. The first-order chi connectivity index (χ1) is 10.7. The molecular weight excluding hydrogens is 282 g/mol. The highest BCUT2D eigenvalue weighted by Gasteiger charge is 2.09. The van der Waals surface area contributed by atoms with Crippen LogP contribution in [0.3, 0.4) is 0 Å². The summed E-state index contributed by atoms with van der Waals surface area (Å²) < 4.78 is 15.5. The van der Waals surface area contributed by atoms with Gasteiger partial charge in [-0.3, -0.25) is 4.79 Å². The Morgan fingerprint density at radius 3 is 2.41 bits per heavy atom. The maximum absolute atomic E-state index is 12.1. The molecule has 0 heterocycles. The number of anilines is 1. The van der Waals surface area contributed by atoms with E-state index in [0.29, 0.717) is 22.9 Å². The lowest BCUT2D eigenvalue weighted by molar-refractivity contribution is -0.115. The molecule has 22 heavy (non-hydrogen) atoms. The first kappa shape index (κ1) is 15.7. The lowest BCUT2D eigenvalue weighted by atomic mass is 10.1. The second-order valence-corrected chi connectivity index (χ2v) is 4.65. The summed E-state index contributed by atoms with van der Waals surface area (Å²) >= 11 is 0. The van der Waals surface area contributed by atoms with Crippen molar-refractivity contribution in [1.82, 2.24) is 0 Å². The number of carbonyl (C=O) groups excluding carboxylic acids is 1. The highest BCUT2D eigenvalue weighted by molar-refractivity contribution is 5.92. The van der Waals surface area contributed by atoms with Crippen molar-refractivity contribution in [2.24, 2.45) is 0 Å². The molecule has 0 aliphatic heterocycles. The maximum Gasteiger partial charge on any atom is 0.228 e. The summed E-state index contributed by atoms with van der Waals surface area (Å²) in [6.07, 6.45) is 0.248. The molecule has 2 aromatic carbocycles. The molecule has 0 aliphatic carbocycles. The molecule has 116 valence electrons. The molecule has 1 N–H and O–H groups in total. The third-order valence-corrected chi connectivity index (χ3v) is 3.17. The Morgan fingerprint density at radius 1 is 0.955 bits per heavy atom. The molecular formula is C17H19NO4. The standard InChI is InChI=1S/C17H19NO4/c1-20-14-6-4-5-13(11-14)18-17(19)10-12-7-8-15(21-2)16(9-12)22-3/h4-9,11H,10H2,1-3H3,(H,18,19). The van der Waals surface area contributed by atoms with E-state index in [-0.39, 0.29) is 12.3 Å². The van der Waals surface area contributed by atoms with Crippen molar-refractivity contribution in [3.05, 3.63) is 48.0 Å². The zero-order chi connectivity index (χ0) is 15.9. The summed E-state index contributed by atoms with van der Waals surface area (Å²) in [6, 6.07) is 12.7. The number of carbonyl (C=O) groups is 1. The second kappa shape index (κ2) is 7.36. The van der Waals surface area contributed by atoms with Crippen molar-refractivity contribution in [1.29, 1.82) is 0 Å². The second-order valence-electron chi connectivity index (χ2n) is 4.65. The number of hydrogen-bond donors (Lipinski definition) is 1. The van der Waals surface area contributed by atoms with E-state index >= 15 is 0 Å². The van der Waals surface area contributed by atoms with Gasteiger partial charge in [0.05, 0.1) is 27.8 Å². The van der Waals surface area contributed by atoms with Gasteiger partial charge < -0.3 is 19.5 Å². The van der Waals surface area contributed by atoms with E-state index in [1.165, 1.54) is 0 Å². The van der Waals surface area contributed by atoms with Crippen LogP contribution >= 0.6 is 0 Å². The highest BCUT2D eigenvalue weighted by atomic mass is 16.5. The van der Waals surface area contributed by atoms with Crippen molar-refractivity contribution in [3.8, 4) is 17.2 Å². The lowest BCUT2D eigenvalue weighted by Crippen LogP contribution is -2.14. The van der Waals surface area contributed by atoms with Gasteiger partial charge in [-0.05, 0) is 29.8 Å². The summed E-state index contributed by atoms with van der Waals surface area (Å²) in [5, 5.41) is 2.84. The zero-order valence-electron chi connectivity index (χ0n) is 12.9. The molecule has 0 saturated carbocycles. The van der Waals surface area contributed by atoms with Crippen LogP contribution in [-0.2, 0) is 11.2 Å². The molecule has 0 aromatic heterocycles. The Morgan fingerprint density at radius 2 is 1.73 bits per heavy atom. The third kappa shape index (κ3) is 3.91. The molecule has 0 bridgehead atoms. The number of nitrogens with one attached hydrogen (secondary N) is 1. The van der Waals surface area contributed by atoms with Gasteiger partial charge >= 0.3 is 0 Å². The first-order valence-corrected chi connectivity index (χ1v) is 6.81. The smallest absolute Gasteiger partial charge is 0.228 e. The molecule has 0 radical (unpaired) electrons. The van der Waals surface area contributed by atoms with Crippen LogP contribution in [0.2, 0.25) is 0 Å². The minimum absolute atomic E-state index is 0.111. The average Bonchev–Trinajstić information content (AvgIpc) is 2.54. The van der Waals surface area contributed by atoms with E-state index in [1.807, 2.05) is 24.3 Å². The molecule has 5 heteroatoms. The first-order valence-electron chi connectivity index (χ1n) is 6.81. The van der Waals surface area contributed by atoms with E-state index in [2.05, 4.69) is 5.32 Å². The summed E-state index contributed by atoms with van der Waals surface area (Å²) in [6.45, 7) is 0. The number of amides is 1. The minimum atomic E-state index is -0.111. The fraction of sp³-hybridized carbons (Fsp3) is 0.235. The van der Waals surface area contributed by atoms with Crippen molar-refractivity contribution < 1.29 is 19.0 Å². The maximum atomic E-state index is 12.1. The Kier molecular flexibility index (Phi) is 5.25. The number of benzene rings is 2. The molecule has 0 aliphatic rings. The van der Waals surface area contributed by atoms with Crippen LogP contribution in [-0.4, -0.2) is 27.2 Å². The van der Waals surface area contributed by atoms with Gasteiger partial charge in [-0.2, -0.15) is 0 Å². The van der Waals surface area contributed by atoms with Gasteiger partial charge in [0.1, 0.15) is 5.75 Å².